The van der Waals surface area contributed by atoms with Crippen LogP contribution in [0.2, 0.25) is 0 Å². The van der Waals surface area contributed by atoms with E-state index in [0.717, 1.165) is 12.0 Å². The molecule has 0 atom stereocenters. The van der Waals surface area contributed by atoms with E-state index in [-0.39, 0.29) is 5.91 Å². The van der Waals surface area contributed by atoms with Crippen molar-refractivity contribution in [1.82, 2.24) is 10.3 Å². The van der Waals surface area contributed by atoms with Gasteiger partial charge < -0.3 is 10.1 Å². The number of amides is 1. The van der Waals surface area contributed by atoms with Gasteiger partial charge in [0.1, 0.15) is 12.4 Å². The molecular weight excluding hydrogens is 312 g/mol. The Kier molecular flexibility index (Phi) is 6.21. The van der Waals surface area contributed by atoms with Crippen LogP contribution >= 0.6 is 0 Å². The fourth-order valence-electron chi connectivity index (χ4n) is 2.98. The van der Waals surface area contributed by atoms with E-state index in [9.17, 15) is 4.79 Å². The molecule has 0 radical (unpaired) electrons. The van der Waals surface area contributed by atoms with Crippen molar-refractivity contribution < 1.29 is 9.53 Å². The number of nitrogens with zero attached hydrogens (tertiary/aromatic N) is 1. The molecule has 0 fully saturated rings. The number of rotatable bonds is 7. The summed E-state index contributed by atoms with van der Waals surface area (Å²) in [5, 5.41) is 3.02. The standard InChI is InChI=1S/C21H24N2O2/c24-21(23-15-12-17-6-2-1-3-7-17)19-8-4-5-9-20(19)25-16-18-10-13-22-14-11-18/h4-6,8-11,13-14H,1-3,7,12,15-16H2,(H,23,24). The van der Waals surface area contributed by atoms with Crippen molar-refractivity contribution in [2.24, 2.45) is 0 Å². The van der Waals surface area contributed by atoms with E-state index in [1.807, 2.05) is 30.3 Å². The van der Waals surface area contributed by atoms with Gasteiger partial charge in [0.15, 0.2) is 0 Å². The zero-order valence-electron chi connectivity index (χ0n) is 14.4. The largest absolute Gasteiger partial charge is 0.488 e. The van der Waals surface area contributed by atoms with E-state index in [4.69, 9.17) is 4.74 Å². The van der Waals surface area contributed by atoms with Crippen molar-refractivity contribution in [2.45, 2.75) is 38.7 Å². The molecule has 1 heterocycles. The molecule has 0 aliphatic heterocycles. The van der Waals surface area contributed by atoms with Crippen molar-refractivity contribution in [3.63, 3.8) is 0 Å². The van der Waals surface area contributed by atoms with Gasteiger partial charge in [-0.3, -0.25) is 9.78 Å². The van der Waals surface area contributed by atoms with Crippen LogP contribution in [-0.2, 0) is 6.61 Å². The summed E-state index contributed by atoms with van der Waals surface area (Å²) in [6, 6.07) is 11.2. The molecule has 1 amide bonds. The van der Waals surface area contributed by atoms with Crippen LogP contribution in [0.1, 0.15) is 48.0 Å². The van der Waals surface area contributed by atoms with Gasteiger partial charge in [-0.1, -0.05) is 23.8 Å². The maximum Gasteiger partial charge on any atom is 0.255 e. The first-order chi connectivity index (χ1) is 12.3. The molecule has 3 rings (SSSR count). The van der Waals surface area contributed by atoms with Gasteiger partial charge in [0, 0.05) is 18.9 Å². The van der Waals surface area contributed by atoms with Crippen LogP contribution in [0, 0.1) is 0 Å². The lowest BCUT2D eigenvalue weighted by atomic mass is 9.97. The number of ether oxygens (including phenoxy) is 1. The van der Waals surface area contributed by atoms with Crippen LogP contribution < -0.4 is 10.1 Å². The monoisotopic (exact) mass is 336 g/mol. The van der Waals surface area contributed by atoms with Gasteiger partial charge >= 0.3 is 0 Å². The maximum atomic E-state index is 12.5. The Morgan fingerprint density at radius 3 is 2.76 bits per heavy atom. The highest BCUT2D eigenvalue weighted by Gasteiger charge is 2.12. The van der Waals surface area contributed by atoms with Crippen LogP contribution in [0.15, 0.2) is 60.4 Å². The van der Waals surface area contributed by atoms with Crippen LogP contribution in [0.4, 0.5) is 0 Å². The Hall–Kier alpha value is -2.62. The predicted octanol–water partition coefficient (Wildman–Crippen LogP) is 4.28. The molecule has 0 saturated carbocycles. The molecule has 1 aromatic carbocycles. The summed E-state index contributed by atoms with van der Waals surface area (Å²) < 4.78 is 5.84. The zero-order valence-corrected chi connectivity index (χ0v) is 14.4. The third-order valence-electron chi connectivity index (χ3n) is 4.39. The highest BCUT2D eigenvalue weighted by Crippen LogP contribution is 2.21. The summed E-state index contributed by atoms with van der Waals surface area (Å²) in [4.78, 5) is 16.5. The second-order valence-corrected chi connectivity index (χ2v) is 6.25. The number of hydrogen-bond donors (Lipinski definition) is 1. The minimum Gasteiger partial charge on any atom is -0.488 e. The number of nitrogens with one attached hydrogen (secondary N) is 1. The van der Waals surface area contributed by atoms with Crippen molar-refractivity contribution in [1.29, 1.82) is 0 Å². The highest BCUT2D eigenvalue weighted by molar-refractivity contribution is 5.96. The second kappa shape index (κ2) is 9.02. The van der Waals surface area contributed by atoms with E-state index in [0.29, 0.717) is 24.5 Å². The fraction of sp³-hybridized carbons (Fsp3) is 0.333. The number of carbonyl (C=O) groups excluding carboxylic acids is 1. The van der Waals surface area contributed by atoms with Gasteiger partial charge in [0.25, 0.3) is 5.91 Å². The number of hydrogen-bond acceptors (Lipinski definition) is 3. The first-order valence-electron chi connectivity index (χ1n) is 8.90. The Bertz CT molecular complexity index is 726. The van der Waals surface area contributed by atoms with Crippen molar-refractivity contribution in [3.8, 4) is 5.75 Å². The Morgan fingerprint density at radius 2 is 1.96 bits per heavy atom. The lowest BCUT2D eigenvalue weighted by molar-refractivity contribution is 0.0949. The molecule has 0 bridgehead atoms. The summed E-state index contributed by atoms with van der Waals surface area (Å²) in [5.41, 5.74) is 3.07. The zero-order chi connectivity index (χ0) is 17.3. The van der Waals surface area contributed by atoms with Gasteiger partial charge in [0.2, 0.25) is 0 Å². The van der Waals surface area contributed by atoms with E-state index >= 15 is 0 Å². The van der Waals surface area contributed by atoms with Crippen molar-refractivity contribution in [3.05, 3.63) is 71.6 Å². The van der Waals surface area contributed by atoms with Gasteiger partial charge in [-0.2, -0.15) is 0 Å². The third kappa shape index (κ3) is 5.18. The van der Waals surface area contributed by atoms with E-state index < -0.39 is 0 Å². The summed E-state index contributed by atoms with van der Waals surface area (Å²) in [6.07, 6.45) is 11.6. The predicted molar refractivity (Wildman–Crippen MR) is 98.5 cm³/mol. The third-order valence-corrected chi connectivity index (χ3v) is 4.39. The summed E-state index contributed by atoms with van der Waals surface area (Å²) in [6.45, 7) is 1.09. The molecule has 1 N–H and O–H groups in total. The summed E-state index contributed by atoms with van der Waals surface area (Å²) in [5.74, 6) is 0.524. The normalized spacial score (nSPS) is 13.8. The number of allylic oxidation sites excluding steroid dienone is 1. The molecule has 1 aliphatic rings. The Morgan fingerprint density at radius 1 is 1.12 bits per heavy atom. The van der Waals surface area contributed by atoms with Crippen molar-refractivity contribution in [2.75, 3.05) is 6.54 Å². The number of benzene rings is 1. The van der Waals surface area contributed by atoms with Crippen LogP contribution in [0.25, 0.3) is 0 Å². The molecule has 4 heteroatoms. The number of pyridine rings is 1. The van der Waals surface area contributed by atoms with Crippen LogP contribution in [0.5, 0.6) is 5.75 Å². The minimum absolute atomic E-state index is 0.0817. The Labute approximate surface area is 148 Å². The van der Waals surface area contributed by atoms with Gasteiger partial charge in [-0.25, -0.2) is 0 Å². The molecule has 130 valence electrons. The molecule has 1 aromatic heterocycles. The quantitative estimate of drug-likeness (QED) is 0.768. The van der Waals surface area contributed by atoms with Crippen LogP contribution in [0.3, 0.4) is 0 Å². The first kappa shape index (κ1) is 17.2. The lowest BCUT2D eigenvalue weighted by Crippen LogP contribution is -2.25. The van der Waals surface area contributed by atoms with E-state index in [1.165, 1.54) is 31.3 Å². The molecule has 0 saturated heterocycles. The minimum atomic E-state index is -0.0817. The highest BCUT2D eigenvalue weighted by atomic mass is 16.5. The Balaban J connectivity index is 1.55. The molecule has 1 aliphatic carbocycles. The molecular formula is C21H24N2O2. The van der Waals surface area contributed by atoms with E-state index in [1.54, 1.807) is 18.5 Å². The number of aromatic nitrogens is 1. The lowest BCUT2D eigenvalue weighted by Gasteiger charge is -2.14. The molecule has 4 nitrogen and oxygen atoms in total. The fourth-order valence-corrected chi connectivity index (χ4v) is 2.98. The molecule has 0 spiro atoms. The number of carbonyl (C=O) groups is 1. The summed E-state index contributed by atoms with van der Waals surface area (Å²) in [7, 11) is 0. The molecule has 2 aromatic rings. The van der Waals surface area contributed by atoms with Gasteiger partial charge in [-0.15, -0.1) is 0 Å². The maximum absolute atomic E-state index is 12.5. The molecule has 25 heavy (non-hydrogen) atoms. The first-order valence-corrected chi connectivity index (χ1v) is 8.90. The van der Waals surface area contributed by atoms with Crippen LogP contribution in [-0.4, -0.2) is 17.4 Å². The van der Waals surface area contributed by atoms with Gasteiger partial charge in [-0.05, 0) is 61.9 Å². The smallest absolute Gasteiger partial charge is 0.255 e. The molecule has 0 unspecified atom stereocenters. The average molecular weight is 336 g/mol. The van der Waals surface area contributed by atoms with Crippen molar-refractivity contribution >= 4 is 5.91 Å². The second-order valence-electron chi connectivity index (χ2n) is 6.25. The topological polar surface area (TPSA) is 51.2 Å². The summed E-state index contributed by atoms with van der Waals surface area (Å²) >= 11 is 0. The number of para-hydroxylation sites is 1. The van der Waals surface area contributed by atoms with Gasteiger partial charge in [0.05, 0.1) is 5.56 Å². The van der Waals surface area contributed by atoms with E-state index in [2.05, 4.69) is 16.4 Å². The average Bonchev–Trinajstić information content (AvgIpc) is 2.68. The SMILES string of the molecule is O=C(NCCC1=CCCCC1)c1ccccc1OCc1ccncc1.